The van der Waals surface area contributed by atoms with Crippen LogP contribution in [0.3, 0.4) is 0 Å². The van der Waals surface area contributed by atoms with Crippen LogP contribution in [0.2, 0.25) is 0 Å². The number of nitrogens with zero attached hydrogens (tertiary/aromatic N) is 1. The van der Waals surface area contributed by atoms with Gasteiger partial charge < -0.3 is 5.11 Å². The first kappa shape index (κ1) is 9.01. The molecule has 0 heterocycles. The second kappa shape index (κ2) is 2.76. The largest absolute Gasteiger partial charge is 0.388 e. The van der Waals surface area contributed by atoms with Gasteiger partial charge in [-0.25, -0.2) is 0 Å². The Morgan fingerprint density at radius 1 is 1.27 bits per heavy atom. The molecule has 0 aromatic rings. The van der Waals surface area contributed by atoms with Crippen LogP contribution in [-0.4, -0.2) is 34.7 Å². The van der Waals surface area contributed by atoms with Gasteiger partial charge in [-0.15, -0.1) is 0 Å². The Morgan fingerprint density at radius 2 is 1.73 bits per heavy atom. The molecule has 2 heteroatoms. The van der Waals surface area contributed by atoms with Gasteiger partial charge in [0.2, 0.25) is 0 Å². The van der Waals surface area contributed by atoms with E-state index in [1.54, 1.807) is 0 Å². The SMILES string of the molecule is CC(C)N(C)[C@@H](C)C1(O)CC1. The summed E-state index contributed by atoms with van der Waals surface area (Å²) in [4.78, 5) is 2.23. The maximum atomic E-state index is 9.77. The van der Waals surface area contributed by atoms with Crippen LogP contribution in [0.1, 0.15) is 33.6 Å². The zero-order chi connectivity index (χ0) is 8.65. The quantitative estimate of drug-likeness (QED) is 0.666. The van der Waals surface area contributed by atoms with Crippen LogP contribution in [0, 0.1) is 0 Å². The minimum atomic E-state index is -0.362. The summed E-state index contributed by atoms with van der Waals surface area (Å²) in [5, 5.41) is 9.77. The molecule has 0 saturated heterocycles. The predicted molar refractivity (Wildman–Crippen MR) is 46.5 cm³/mol. The number of rotatable bonds is 3. The molecular weight excluding hydrogens is 138 g/mol. The molecule has 0 spiro atoms. The summed E-state index contributed by atoms with van der Waals surface area (Å²) in [6.45, 7) is 6.41. The Kier molecular flexibility index (Phi) is 2.26. The first-order valence-electron chi connectivity index (χ1n) is 4.42. The molecule has 1 rings (SSSR count). The molecule has 66 valence electrons. The fourth-order valence-electron chi connectivity index (χ4n) is 1.37. The molecule has 2 nitrogen and oxygen atoms in total. The molecule has 0 radical (unpaired) electrons. The maximum Gasteiger partial charge on any atom is 0.0801 e. The minimum Gasteiger partial charge on any atom is -0.388 e. The van der Waals surface area contributed by atoms with E-state index in [4.69, 9.17) is 0 Å². The number of aliphatic hydroxyl groups is 1. The average Bonchev–Trinajstić information content (AvgIpc) is 2.66. The molecule has 1 atom stereocenters. The highest BCUT2D eigenvalue weighted by molar-refractivity contribution is 5.02. The van der Waals surface area contributed by atoms with Crippen LogP contribution in [0.25, 0.3) is 0 Å². The van der Waals surface area contributed by atoms with Crippen LogP contribution < -0.4 is 0 Å². The summed E-state index contributed by atoms with van der Waals surface area (Å²) in [5.41, 5.74) is -0.362. The lowest BCUT2D eigenvalue weighted by atomic mass is 10.1. The summed E-state index contributed by atoms with van der Waals surface area (Å²) in [6.07, 6.45) is 1.95. The predicted octanol–water partition coefficient (Wildman–Crippen LogP) is 1.24. The molecule has 1 fully saturated rings. The Hall–Kier alpha value is -0.0800. The van der Waals surface area contributed by atoms with Crippen molar-refractivity contribution in [1.29, 1.82) is 0 Å². The van der Waals surface area contributed by atoms with Gasteiger partial charge in [-0.1, -0.05) is 0 Å². The maximum absolute atomic E-state index is 9.77. The van der Waals surface area contributed by atoms with Crippen molar-refractivity contribution in [3.05, 3.63) is 0 Å². The van der Waals surface area contributed by atoms with E-state index in [-0.39, 0.29) is 5.60 Å². The molecule has 11 heavy (non-hydrogen) atoms. The second-order valence-electron chi connectivity index (χ2n) is 4.04. The summed E-state index contributed by atoms with van der Waals surface area (Å²) < 4.78 is 0. The average molecular weight is 157 g/mol. The lowest BCUT2D eigenvalue weighted by Crippen LogP contribution is -2.44. The van der Waals surface area contributed by atoms with Crippen molar-refractivity contribution in [2.45, 2.75) is 51.3 Å². The highest BCUT2D eigenvalue weighted by Gasteiger charge is 2.47. The Morgan fingerprint density at radius 3 is 2.00 bits per heavy atom. The minimum absolute atomic E-state index is 0.308. The van der Waals surface area contributed by atoms with Crippen LogP contribution in [0.15, 0.2) is 0 Å². The topological polar surface area (TPSA) is 23.5 Å². The highest BCUT2D eigenvalue weighted by atomic mass is 16.3. The zero-order valence-electron chi connectivity index (χ0n) is 7.96. The van der Waals surface area contributed by atoms with E-state index < -0.39 is 0 Å². The molecule has 0 aromatic heterocycles. The molecule has 0 bridgehead atoms. The molecule has 0 amide bonds. The van der Waals surface area contributed by atoms with E-state index >= 15 is 0 Å². The molecular formula is C9H19NO. The second-order valence-corrected chi connectivity index (χ2v) is 4.04. The van der Waals surface area contributed by atoms with E-state index in [2.05, 4.69) is 32.7 Å². The summed E-state index contributed by atoms with van der Waals surface area (Å²) in [6, 6.07) is 0.831. The van der Waals surface area contributed by atoms with Crippen molar-refractivity contribution >= 4 is 0 Å². The van der Waals surface area contributed by atoms with Crippen molar-refractivity contribution in [1.82, 2.24) is 4.90 Å². The normalized spacial score (nSPS) is 24.3. The lowest BCUT2D eigenvalue weighted by Gasteiger charge is -2.32. The first-order valence-corrected chi connectivity index (χ1v) is 4.42. The number of hydrogen-bond acceptors (Lipinski definition) is 2. The standard InChI is InChI=1S/C9H19NO/c1-7(2)10(4)8(3)9(11)5-6-9/h7-8,11H,5-6H2,1-4H3/t8-/m0/s1. The summed E-state index contributed by atoms with van der Waals surface area (Å²) in [5.74, 6) is 0. The molecule has 1 saturated carbocycles. The fraction of sp³-hybridized carbons (Fsp3) is 1.00. The highest BCUT2D eigenvalue weighted by Crippen LogP contribution is 2.40. The van der Waals surface area contributed by atoms with Gasteiger partial charge >= 0.3 is 0 Å². The zero-order valence-corrected chi connectivity index (χ0v) is 7.96. The van der Waals surface area contributed by atoms with Crippen molar-refractivity contribution in [3.63, 3.8) is 0 Å². The van der Waals surface area contributed by atoms with Crippen LogP contribution in [-0.2, 0) is 0 Å². The third-order valence-corrected chi connectivity index (χ3v) is 2.97. The van der Waals surface area contributed by atoms with Crippen molar-refractivity contribution in [3.8, 4) is 0 Å². The Labute approximate surface area is 69.2 Å². The molecule has 1 N–H and O–H groups in total. The van der Waals surface area contributed by atoms with Gasteiger partial charge in [-0.2, -0.15) is 0 Å². The smallest absolute Gasteiger partial charge is 0.0801 e. The van der Waals surface area contributed by atoms with Crippen LogP contribution in [0.5, 0.6) is 0 Å². The van der Waals surface area contributed by atoms with Gasteiger partial charge in [0, 0.05) is 12.1 Å². The van der Waals surface area contributed by atoms with E-state index in [0.29, 0.717) is 12.1 Å². The number of hydrogen-bond donors (Lipinski definition) is 1. The Balaban J connectivity index is 2.46. The van der Waals surface area contributed by atoms with Gasteiger partial charge in [0.15, 0.2) is 0 Å². The summed E-state index contributed by atoms with van der Waals surface area (Å²) >= 11 is 0. The van der Waals surface area contributed by atoms with Crippen molar-refractivity contribution in [2.24, 2.45) is 0 Å². The lowest BCUT2D eigenvalue weighted by molar-refractivity contribution is 0.0379. The summed E-state index contributed by atoms with van der Waals surface area (Å²) in [7, 11) is 2.08. The van der Waals surface area contributed by atoms with Gasteiger partial charge in [-0.3, -0.25) is 4.90 Å². The molecule has 0 aromatic carbocycles. The van der Waals surface area contributed by atoms with Crippen LogP contribution >= 0.6 is 0 Å². The molecule has 1 aliphatic carbocycles. The van der Waals surface area contributed by atoms with Crippen LogP contribution in [0.4, 0.5) is 0 Å². The third-order valence-electron chi connectivity index (χ3n) is 2.97. The van der Waals surface area contributed by atoms with E-state index in [9.17, 15) is 5.11 Å². The molecule has 0 unspecified atom stereocenters. The fourth-order valence-corrected chi connectivity index (χ4v) is 1.37. The van der Waals surface area contributed by atoms with E-state index in [1.165, 1.54) is 0 Å². The van der Waals surface area contributed by atoms with Gasteiger partial charge in [-0.05, 0) is 40.7 Å². The third kappa shape index (κ3) is 1.74. The number of likely N-dealkylation sites (N-methyl/N-ethyl adjacent to an activating group) is 1. The van der Waals surface area contributed by atoms with E-state index in [1.807, 2.05) is 0 Å². The van der Waals surface area contributed by atoms with E-state index in [0.717, 1.165) is 12.8 Å². The van der Waals surface area contributed by atoms with Crippen molar-refractivity contribution < 1.29 is 5.11 Å². The monoisotopic (exact) mass is 157 g/mol. The molecule has 0 aliphatic heterocycles. The first-order chi connectivity index (χ1) is 4.97. The molecule has 1 aliphatic rings. The van der Waals surface area contributed by atoms with Gasteiger partial charge in [0.05, 0.1) is 5.60 Å². The Bertz CT molecular complexity index is 140. The van der Waals surface area contributed by atoms with Gasteiger partial charge in [0.1, 0.15) is 0 Å². The van der Waals surface area contributed by atoms with Gasteiger partial charge in [0.25, 0.3) is 0 Å². The van der Waals surface area contributed by atoms with Crippen molar-refractivity contribution in [2.75, 3.05) is 7.05 Å².